The summed E-state index contributed by atoms with van der Waals surface area (Å²) in [5.41, 5.74) is 3.25. The van der Waals surface area contributed by atoms with Gasteiger partial charge < -0.3 is 9.84 Å². The first-order valence-corrected chi connectivity index (χ1v) is 12.3. The van der Waals surface area contributed by atoms with Gasteiger partial charge in [-0.05, 0) is 46.5 Å². The van der Waals surface area contributed by atoms with Crippen LogP contribution in [0.25, 0.3) is 11.1 Å². The zero-order chi connectivity index (χ0) is 25.4. The molecule has 0 heterocycles. The van der Waals surface area contributed by atoms with E-state index in [9.17, 15) is 18.3 Å². The molecule has 0 bridgehead atoms. The van der Waals surface area contributed by atoms with Gasteiger partial charge >= 0.3 is 5.97 Å². The standard InChI is InChI=1S/C25H25NO8S/c1-35(31,32)22-13-11-20(12-14-22)24(23(15-27)19-5-3-2-4-6-19)17-33-25(28)21-9-7-18(8-10-21)16-34-26(29)30/h2-14,27,29-30H,15-17H2,1H3. The summed E-state index contributed by atoms with van der Waals surface area (Å²) in [5.74, 6) is -0.612. The van der Waals surface area contributed by atoms with Crippen molar-refractivity contribution in [1.82, 2.24) is 5.39 Å². The summed E-state index contributed by atoms with van der Waals surface area (Å²) < 4.78 is 29.2. The first kappa shape index (κ1) is 26.2. The zero-order valence-electron chi connectivity index (χ0n) is 18.9. The van der Waals surface area contributed by atoms with Crippen LogP contribution in [-0.4, -0.2) is 54.8 Å². The van der Waals surface area contributed by atoms with Gasteiger partial charge in [0.25, 0.3) is 0 Å². The molecule has 10 heteroatoms. The number of carbonyl (C=O) groups is 1. The highest BCUT2D eigenvalue weighted by atomic mass is 32.2. The van der Waals surface area contributed by atoms with Gasteiger partial charge in [0.05, 0.1) is 29.1 Å². The normalized spacial score (nSPS) is 12.4. The van der Waals surface area contributed by atoms with Crippen LogP contribution in [0.4, 0.5) is 0 Å². The van der Waals surface area contributed by atoms with E-state index in [1.54, 1.807) is 24.3 Å². The van der Waals surface area contributed by atoms with Gasteiger partial charge in [-0.3, -0.25) is 10.4 Å². The average Bonchev–Trinajstić information content (AvgIpc) is 2.85. The smallest absolute Gasteiger partial charge is 0.338 e. The van der Waals surface area contributed by atoms with E-state index in [1.165, 1.54) is 24.3 Å². The maximum Gasteiger partial charge on any atom is 0.338 e. The minimum atomic E-state index is -3.39. The second-order valence-electron chi connectivity index (χ2n) is 7.58. The predicted molar refractivity (Wildman–Crippen MR) is 127 cm³/mol. The van der Waals surface area contributed by atoms with E-state index in [1.807, 2.05) is 30.3 Å². The van der Waals surface area contributed by atoms with Crippen molar-refractivity contribution in [2.24, 2.45) is 0 Å². The molecule has 3 aromatic carbocycles. The van der Waals surface area contributed by atoms with Crippen molar-refractivity contribution in [3.63, 3.8) is 0 Å². The molecular formula is C25H25NO8S. The van der Waals surface area contributed by atoms with E-state index < -0.39 is 21.2 Å². The van der Waals surface area contributed by atoms with E-state index in [-0.39, 0.29) is 30.3 Å². The molecule has 0 saturated heterocycles. The molecule has 0 amide bonds. The SMILES string of the molecule is CS(=O)(=O)c1ccc(C(COC(=O)c2ccc(CON(O)O)cc2)=C(CO)c2ccccc2)cc1. The summed E-state index contributed by atoms with van der Waals surface area (Å²) in [5, 5.41) is 27.0. The number of aliphatic hydroxyl groups excluding tert-OH is 1. The van der Waals surface area contributed by atoms with Crippen LogP contribution in [0.5, 0.6) is 0 Å². The first-order valence-electron chi connectivity index (χ1n) is 10.4. The number of rotatable bonds is 10. The van der Waals surface area contributed by atoms with Gasteiger partial charge in [0.15, 0.2) is 9.84 Å². The van der Waals surface area contributed by atoms with Crippen molar-refractivity contribution in [2.75, 3.05) is 19.5 Å². The van der Waals surface area contributed by atoms with Crippen LogP contribution in [-0.2, 0) is 26.0 Å². The molecule has 0 aromatic heterocycles. The average molecular weight is 500 g/mol. The minimum absolute atomic E-state index is 0.115. The van der Waals surface area contributed by atoms with Crippen LogP contribution < -0.4 is 0 Å². The molecule has 0 spiro atoms. The van der Waals surface area contributed by atoms with Crippen LogP contribution in [0.1, 0.15) is 27.0 Å². The number of hydrogen-bond donors (Lipinski definition) is 3. The van der Waals surface area contributed by atoms with Crippen molar-refractivity contribution in [2.45, 2.75) is 11.5 Å². The van der Waals surface area contributed by atoms with Gasteiger partial charge in [-0.1, -0.05) is 54.6 Å². The molecule has 3 N–H and O–H groups in total. The molecule has 3 rings (SSSR count). The summed E-state index contributed by atoms with van der Waals surface area (Å²) in [7, 11) is -3.39. The van der Waals surface area contributed by atoms with Crippen molar-refractivity contribution in [3.8, 4) is 0 Å². The highest BCUT2D eigenvalue weighted by molar-refractivity contribution is 7.90. The minimum Gasteiger partial charge on any atom is -0.457 e. The number of carbonyl (C=O) groups excluding carboxylic acids is 1. The Kier molecular flexibility index (Phi) is 8.88. The fraction of sp³-hybridized carbons (Fsp3) is 0.160. The molecule has 0 aliphatic rings. The fourth-order valence-electron chi connectivity index (χ4n) is 3.34. The van der Waals surface area contributed by atoms with E-state index in [4.69, 9.17) is 15.2 Å². The Bertz CT molecular complexity index is 1270. The van der Waals surface area contributed by atoms with E-state index in [2.05, 4.69) is 4.84 Å². The lowest BCUT2D eigenvalue weighted by molar-refractivity contribution is -0.497. The highest BCUT2D eigenvalue weighted by Gasteiger charge is 2.16. The number of benzene rings is 3. The number of ether oxygens (including phenoxy) is 1. The summed E-state index contributed by atoms with van der Waals surface area (Å²) in [6.45, 7) is -0.613. The van der Waals surface area contributed by atoms with Crippen molar-refractivity contribution in [3.05, 3.63) is 101 Å². The van der Waals surface area contributed by atoms with E-state index in [0.717, 1.165) is 11.8 Å². The first-order chi connectivity index (χ1) is 16.7. The predicted octanol–water partition coefficient (Wildman–Crippen LogP) is 3.36. The molecule has 0 unspecified atom stereocenters. The highest BCUT2D eigenvalue weighted by Crippen LogP contribution is 2.28. The second-order valence-corrected chi connectivity index (χ2v) is 9.59. The van der Waals surface area contributed by atoms with Crippen LogP contribution in [0.2, 0.25) is 0 Å². The molecule has 0 aliphatic heterocycles. The van der Waals surface area contributed by atoms with E-state index in [0.29, 0.717) is 22.3 Å². The number of aliphatic hydroxyl groups is 1. The van der Waals surface area contributed by atoms with E-state index >= 15 is 0 Å². The van der Waals surface area contributed by atoms with Gasteiger partial charge in [-0.25, -0.2) is 18.0 Å². The molecule has 3 aromatic rings. The Morgan fingerprint density at radius 3 is 1.94 bits per heavy atom. The van der Waals surface area contributed by atoms with Gasteiger partial charge in [0.1, 0.15) is 6.61 Å². The zero-order valence-corrected chi connectivity index (χ0v) is 19.7. The van der Waals surface area contributed by atoms with Crippen molar-refractivity contribution in [1.29, 1.82) is 0 Å². The quantitative estimate of drug-likeness (QED) is 0.218. The largest absolute Gasteiger partial charge is 0.457 e. The van der Waals surface area contributed by atoms with Crippen LogP contribution in [0.3, 0.4) is 0 Å². The molecule has 0 atom stereocenters. The summed E-state index contributed by atoms with van der Waals surface area (Å²) in [6, 6.07) is 21.4. The summed E-state index contributed by atoms with van der Waals surface area (Å²) in [6.07, 6.45) is 1.12. The third kappa shape index (κ3) is 7.30. The lowest BCUT2D eigenvalue weighted by Crippen LogP contribution is -2.14. The molecule has 0 fully saturated rings. The van der Waals surface area contributed by atoms with Gasteiger partial charge in [-0.2, -0.15) is 0 Å². The Morgan fingerprint density at radius 2 is 1.40 bits per heavy atom. The summed E-state index contributed by atoms with van der Waals surface area (Å²) in [4.78, 5) is 17.4. The van der Waals surface area contributed by atoms with Crippen LogP contribution in [0.15, 0.2) is 83.8 Å². The molecule has 0 radical (unpaired) electrons. The number of nitrogens with zero attached hydrogens (tertiary/aromatic N) is 1. The molecule has 0 aliphatic carbocycles. The molecule has 9 nitrogen and oxygen atoms in total. The number of sulfone groups is 1. The third-order valence-electron chi connectivity index (χ3n) is 5.16. The summed E-state index contributed by atoms with van der Waals surface area (Å²) >= 11 is 0. The maximum atomic E-state index is 12.7. The Balaban J connectivity index is 1.87. The van der Waals surface area contributed by atoms with Crippen molar-refractivity contribution < 1.29 is 38.3 Å². The topological polar surface area (TPSA) is 134 Å². The Morgan fingerprint density at radius 1 is 0.829 bits per heavy atom. The second kappa shape index (κ2) is 11.8. The van der Waals surface area contributed by atoms with Gasteiger partial charge in [-0.15, -0.1) is 0 Å². The monoisotopic (exact) mass is 499 g/mol. The lowest BCUT2D eigenvalue weighted by Gasteiger charge is -2.16. The number of esters is 1. The Labute approximate surface area is 202 Å². The molecule has 0 saturated carbocycles. The molecule has 184 valence electrons. The Hall–Kier alpha value is -3.38. The van der Waals surface area contributed by atoms with Crippen molar-refractivity contribution >= 4 is 27.0 Å². The third-order valence-corrected chi connectivity index (χ3v) is 6.29. The van der Waals surface area contributed by atoms with Gasteiger partial charge in [0.2, 0.25) is 0 Å². The molecule has 35 heavy (non-hydrogen) atoms. The van der Waals surface area contributed by atoms with Crippen LogP contribution in [0, 0.1) is 0 Å². The lowest BCUT2D eigenvalue weighted by atomic mass is 9.95. The molecular weight excluding hydrogens is 474 g/mol. The van der Waals surface area contributed by atoms with Gasteiger partial charge in [0, 0.05) is 11.8 Å². The number of hydrogen-bond acceptors (Lipinski definition) is 9. The van der Waals surface area contributed by atoms with Crippen LogP contribution >= 0.6 is 0 Å². The maximum absolute atomic E-state index is 12.7. The fourth-order valence-corrected chi connectivity index (χ4v) is 3.97.